The van der Waals surface area contributed by atoms with Crippen LogP contribution in [-0.2, 0) is 19.2 Å². The molecular weight excluding hydrogens is 386 g/mol. The Morgan fingerprint density at radius 3 is 2.86 bits per heavy atom. The molecule has 1 aromatic heterocycles. The SMILES string of the molecule is CCON=C(C(=O)NC1C(=O)N2C(C(=O)O)=CC(C)S[C@H]12)c1cccc(N)n1. The molecule has 4 N–H and O–H groups in total. The van der Waals surface area contributed by atoms with E-state index in [4.69, 9.17) is 10.6 Å². The molecule has 0 radical (unpaired) electrons. The summed E-state index contributed by atoms with van der Waals surface area (Å²) in [6.07, 6.45) is 1.51. The summed E-state index contributed by atoms with van der Waals surface area (Å²) in [6, 6.07) is 3.85. The molecule has 28 heavy (non-hydrogen) atoms. The van der Waals surface area contributed by atoms with Gasteiger partial charge < -0.3 is 21.0 Å². The van der Waals surface area contributed by atoms with Gasteiger partial charge in [0.1, 0.15) is 35.2 Å². The number of nitrogen functional groups attached to an aromatic ring is 1. The summed E-state index contributed by atoms with van der Waals surface area (Å²) in [5, 5.41) is 15.1. The van der Waals surface area contributed by atoms with Gasteiger partial charge in [0.2, 0.25) is 0 Å². The highest BCUT2D eigenvalue weighted by Gasteiger charge is 2.54. The Kier molecular flexibility index (Phi) is 5.54. The molecule has 148 valence electrons. The first kappa shape index (κ1) is 19.7. The normalized spacial score (nSPS) is 24.0. The number of β-lactam (4-membered cyclic amide) rings is 1. The Hall–Kier alpha value is -3.08. The topological polar surface area (TPSA) is 147 Å². The summed E-state index contributed by atoms with van der Waals surface area (Å²) in [5.41, 5.74) is 5.67. The summed E-state index contributed by atoms with van der Waals surface area (Å²) in [4.78, 5) is 46.9. The highest BCUT2D eigenvalue weighted by Crippen LogP contribution is 2.40. The van der Waals surface area contributed by atoms with Crippen LogP contribution in [0.5, 0.6) is 0 Å². The third kappa shape index (κ3) is 3.65. The molecule has 1 aromatic rings. The van der Waals surface area contributed by atoms with E-state index >= 15 is 0 Å². The van der Waals surface area contributed by atoms with Crippen molar-refractivity contribution in [1.82, 2.24) is 15.2 Å². The number of aliphatic carboxylic acids is 1. The average molecular weight is 405 g/mol. The molecule has 11 heteroatoms. The third-order valence-corrected chi connectivity index (χ3v) is 5.40. The van der Waals surface area contributed by atoms with Crippen molar-refractivity contribution in [1.29, 1.82) is 0 Å². The van der Waals surface area contributed by atoms with Crippen LogP contribution in [0.3, 0.4) is 0 Å². The molecule has 2 unspecified atom stereocenters. The molecule has 0 spiro atoms. The lowest BCUT2D eigenvalue weighted by molar-refractivity contribution is -0.150. The number of aromatic nitrogens is 1. The fraction of sp³-hybridized carbons (Fsp3) is 0.353. The van der Waals surface area contributed by atoms with Gasteiger partial charge in [-0.25, -0.2) is 9.78 Å². The number of thioether (sulfide) groups is 1. The molecule has 3 atom stereocenters. The monoisotopic (exact) mass is 405 g/mol. The summed E-state index contributed by atoms with van der Waals surface area (Å²) in [5.74, 6) is -2.14. The van der Waals surface area contributed by atoms with E-state index in [0.29, 0.717) is 0 Å². The number of hydrogen-bond acceptors (Lipinski definition) is 8. The lowest BCUT2D eigenvalue weighted by Gasteiger charge is -2.49. The highest BCUT2D eigenvalue weighted by molar-refractivity contribution is 8.00. The number of hydrogen-bond donors (Lipinski definition) is 3. The van der Waals surface area contributed by atoms with Crippen molar-refractivity contribution in [3.05, 3.63) is 35.7 Å². The number of fused-ring (bicyclic) bond motifs is 1. The van der Waals surface area contributed by atoms with Gasteiger partial charge in [-0.05, 0) is 32.1 Å². The zero-order valence-corrected chi connectivity index (χ0v) is 16.0. The Bertz CT molecular complexity index is 886. The number of oxime groups is 1. The maximum Gasteiger partial charge on any atom is 0.352 e. The van der Waals surface area contributed by atoms with Crippen LogP contribution < -0.4 is 11.1 Å². The molecule has 0 aromatic carbocycles. The van der Waals surface area contributed by atoms with Gasteiger partial charge in [-0.15, -0.1) is 11.8 Å². The van der Waals surface area contributed by atoms with Gasteiger partial charge >= 0.3 is 5.97 Å². The number of nitrogens with two attached hydrogens (primary N) is 1. The summed E-state index contributed by atoms with van der Waals surface area (Å²) < 4.78 is 0. The molecule has 3 heterocycles. The van der Waals surface area contributed by atoms with Gasteiger partial charge in [-0.2, -0.15) is 0 Å². The van der Waals surface area contributed by atoms with Crippen molar-refractivity contribution in [3.8, 4) is 0 Å². The molecule has 3 rings (SSSR count). The fourth-order valence-corrected chi connectivity index (χ4v) is 4.18. The number of carboxylic acid groups (broad SMARTS) is 1. The second-order valence-electron chi connectivity index (χ2n) is 6.05. The first-order valence-electron chi connectivity index (χ1n) is 8.50. The maximum absolute atomic E-state index is 12.8. The lowest BCUT2D eigenvalue weighted by atomic mass is 10.0. The van der Waals surface area contributed by atoms with Crippen molar-refractivity contribution >= 4 is 41.1 Å². The number of pyridine rings is 1. The van der Waals surface area contributed by atoms with Crippen molar-refractivity contribution in [3.63, 3.8) is 0 Å². The minimum atomic E-state index is -1.18. The van der Waals surface area contributed by atoms with E-state index in [1.165, 1.54) is 22.7 Å². The van der Waals surface area contributed by atoms with Crippen LogP contribution >= 0.6 is 11.8 Å². The summed E-state index contributed by atoms with van der Waals surface area (Å²) in [7, 11) is 0. The van der Waals surface area contributed by atoms with Crippen LogP contribution in [0, 0.1) is 0 Å². The molecule has 2 aliphatic heterocycles. The summed E-state index contributed by atoms with van der Waals surface area (Å²) in [6.45, 7) is 3.77. The first-order chi connectivity index (χ1) is 13.3. The minimum absolute atomic E-state index is 0.0764. The number of nitrogens with zero attached hydrogens (tertiary/aromatic N) is 3. The number of anilines is 1. The van der Waals surface area contributed by atoms with E-state index < -0.39 is 29.2 Å². The predicted molar refractivity (Wildman–Crippen MR) is 102 cm³/mol. The number of nitrogens with one attached hydrogen (secondary N) is 1. The van der Waals surface area contributed by atoms with Gasteiger partial charge in [0.15, 0.2) is 5.71 Å². The molecule has 2 amide bonds. The van der Waals surface area contributed by atoms with E-state index in [1.54, 1.807) is 25.1 Å². The average Bonchev–Trinajstić information content (AvgIpc) is 2.65. The number of carboxylic acids is 1. The van der Waals surface area contributed by atoms with E-state index in [2.05, 4.69) is 15.5 Å². The first-order valence-corrected chi connectivity index (χ1v) is 9.45. The zero-order chi connectivity index (χ0) is 20.4. The van der Waals surface area contributed by atoms with Crippen LogP contribution in [0.25, 0.3) is 0 Å². The largest absolute Gasteiger partial charge is 0.477 e. The van der Waals surface area contributed by atoms with Crippen LogP contribution in [0.15, 0.2) is 35.1 Å². The highest BCUT2D eigenvalue weighted by atomic mass is 32.2. The minimum Gasteiger partial charge on any atom is -0.477 e. The lowest BCUT2D eigenvalue weighted by Crippen LogP contribution is -2.71. The number of rotatable bonds is 6. The summed E-state index contributed by atoms with van der Waals surface area (Å²) >= 11 is 1.38. The van der Waals surface area contributed by atoms with Crippen LogP contribution in [0.4, 0.5) is 5.82 Å². The molecule has 1 fully saturated rings. The maximum atomic E-state index is 12.8. The van der Waals surface area contributed by atoms with Crippen molar-refractivity contribution < 1.29 is 24.3 Å². The molecule has 0 bridgehead atoms. The quantitative estimate of drug-likeness (QED) is 0.344. The van der Waals surface area contributed by atoms with Crippen LogP contribution in [0.2, 0.25) is 0 Å². The van der Waals surface area contributed by atoms with Crippen LogP contribution in [0.1, 0.15) is 19.5 Å². The smallest absolute Gasteiger partial charge is 0.352 e. The molecule has 10 nitrogen and oxygen atoms in total. The predicted octanol–water partition coefficient (Wildman–Crippen LogP) is 0.161. The van der Waals surface area contributed by atoms with Gasteiger partial charge in [0.25, 0.3) is 11.8 Å². The molecule has 2 aliphatic rings. The Morgan fingerprint density at radius 2 is 2.21 bits per heavy atom. The van der Waals surface area contributed by atoms with Crippen LogP contribution in [-0.4, -0.2) is 61.8 Å². The molecule has 0 aliphatic carbocycles. The standard InChI is InChI=1S/C17H19N5O5S/c1-3-27-21-12(9-5-4-6-11(18)19-9)14(23)20-13-15(24)22-10(17(25)26)7-8(2)28-16(13)22/h4-8,13,16H,3H2,1-2H3,(H2,18,19)(H,20,23)(H,25,26)/t8?,13?,16-/m1/s1. The molecular formula is C17H19N5O5S. The van der Waals surface area contributed by atoms with E-state index in [9.17, 15) is 19.5 Å². The number of carbonyl (C=O) groups is 3. The van der Waals surface area contributed by atoms with E-state index in [1.807, 2.05) is 6.92 Å². The fourth-order valence-electron chi connectivity index (χ4n) is 2.86. The second kappa shape index (κ2) is 7.89. The number of amides is 2. The van der Waals surface area contributed by atoms with Crippen molar-refractivity contribution in [2.75, 3.05) is 12.3 Å². The molecule has 1 saturated heterocycles. The van der Waals surface area contributed by atoms with Crippen molar-refractivity contribution in [2.24, 2.45) is 5.16 Å². The Labute approximate surface area is 164 Å². The van der Waals surface area contributed by atoms with Gasteiger partial charge in [0, 0.05) is 5.25 Å². The van der Waals surface area contributed by atoms with Gasteiger partial charge in [-0.1, -0.05) is 11.2 Å². The number of carbonyl (C=O) groups excluding carboxylic acids is 2. The van der Waals surface area contributed by atoms with E-state index in [-0.39, 0.29) is 34.8 Å². The molecule has 0 saturated carbocycles. The third-order valence-electron chi connectivity index (χ3n) is 4.07. The van der Waals surface area contributed by atoms with Crippen molar-refractivity contribution in [2.45, 2.75) is 30.5 Å². The Morgan fingerprint density at radius 1 is 1.46 bits per heavy atom. The van der Waals surface area contributed by atoms with E-state index in [0.717, 1.165) is 0 Å². The zero-order valence-electron chi connectivity index (χ0n) is 15.2. The van der Waals surface area contributed by atoms with Gasteiger partial charge in [-0.3, -0.25) is 14.5 Å². The second-order valence-corrected chi connectivity index (χ2v) is 7.55. The Balaban J connectivity index is 1.81. The van der Waals surface area contributed by atoms with Gasteiger partial charge in [0.05, 0.1) is 0 Å².